The predicted molar refractivity (Wildman–Crippen MR) is 75.4 cm³/mol. The molecule has 0 aromatic heterocycles. The summed E-state index contributed by atoms with van der Waals surface area (Å²) in [4.78, 5) is 0. The number of hydrogen-bond donors (Lipinski definition) is 1. The fraction of sp³-hybridized carbons (Fsp3) is 0.600. The Balaban J connectivity index is 2.87. The van der Waals surface area contributed by atoms with Crippen LogP contribution in [0.2, 0.25) is 0 Å². The summed E-state index contributed by atoms with van der Waals surface area (Å²) in [5.74, 6) is 1.65. The molecular weight excluding hydrogens is 226 g/mol. The maximum Gasteiger partial charge on any atom is 0.166 e. The van der Waals surface area contributed by atoms with E-state index in [0.717, 1.165) is 30.0 Å². The summed E-state index contributed by atoms with van der Waals surface area (Å²) in [5.41, 5.74) is 1.14. The van der Waals surface area contributed by atoms with Crippen LogP contribution in [0.4, 0.5) is 0 Å². The van der Waals surface area contributed by atoms with Crippen molar-refractivity contribution in [2.45, 2.75) is 52.8 Å². The van der Waals surface area contributed by atoms with Gasteiger partial charge in [0, 0.05) is 18.2 Å². The van der Waals surface area contributed by atoms with Crippen molar-refractivity contribution in [2.75, 3.05) is 7.11 Å². The summed E-state index contributed by atoms with van der Waals surface area (Å²) in [5, 5.41) is 3.48. The van der Waals surface area contributed by atoms with Crippen LogP contribution in [-0.2, 0) is 6.54 Å². The molecule has 1 rings (SSSR count). The van der Waals surface area contributed by atoms with Crippen LogP contribution in [0.1, 0.15) is 39.7 Å². The van der Waals surface area contributed by atoms with E-state index in [4.69, 9.17) is 9.47 Å². The lowest BCUT2D eigenvalue weighted by molar-refractivity contribution is 0.227. The van der Waals surface area contributed by atoms with E-state index in [-0.39, 0.29) is 6.10 Å². The van der Waals surface area contributed by atoms with E-state index in [1.165, 1.54) is 0 Å². The number of hydrogen-bond acceptors (Lipinski definition) is 3. The first kappa shape index (κ1) is 14.8. The van der Waals surface area contributed by atoms with Crippen LogP contribution in [0.25, 0.3) is 0 Å². The van der Waals surface area contributed by atoms with Gasteiger partial charge < -0.3 is 14.8 Å². The molecule has 102 valence electrons. The highest BCUT2D eigenvalue weighted by Gasteiger charge is 2.12. The second-order valence-corrected chi connectivity index (χ2v) is 4.81. The topological polar surface area (TPSA) is 30.5 Å². The molecule has 0 aliphatic heterocycles. The quantitative estimate of drug-likeness (QED) is 0.806. The molecule has 0 amide bonds. The highest BCUT2D eigenvalue weighted by Crippen LogP contribution is 2.31. The van der Waals surface area contributed by atoms with Gasteiger partial charge in [-0.1, -0.05) is 19.1 Å². The Bertz CT molecular complexity index is 364. The first-order chi connectivity index (χ1) is 8.58. The van der Waals surface area contributed by atoms with E-state index in [9.17, 15) is 0 Å². The number of rotatable bonds is 7. The summed E-state index contributed by atoms with van der Waals surface area (Å²) in [6.07, 6.45) is 1.26. The minimum absolute atomic E-state index is 0.142. The van der Waals surface area contributed by atoms with E-state index in [2.05, 4.69) is 25.2 Å². The van der Waals surface area contributed by atoms with Crippen molar-refractivity contribution in [1.82, 2.24) is 5.32 Å². The highest BCUT2D eigenvalue weighted by atomic mass is 16.5. The lowest BCUT2D eigenvalue weighted by Crippen LogP contribution is -2.25. The van der Waals surface area contributed by atoms with Crippen LogP contribution < -0.4 is 14.8 Å². The molecule has 1 atom stereocenters. The summed E-state index contributed by atoms with van der Waals surface area (Å²) in [6, 6.07) is 6.52. The molecule has 1 N–H and O–H groups in total. The maximum absolute atomic E-state index is 5.87. The van der Waals surface area contributed by atoms with E-state index in [1.54, 1.807) is 7.11 Å². The average molecular weight is 251 g/mol. The van der Waals surface area contributed by atoms with Crippen molar-refractivity contribution in [2.24, 2.45) is 0 Å². The molecule has 0 fully saturated rings. The van der Waals surface area contributed by atoms with Crippen LogP contribution in [0.5, 0.6) is 11.5 Å². The Kier molecular flexibility index (Phi) is 5.99. The van der Waals surface area contributed by atoms with Crippen LogP contribution in [0.15, 0.2) is 18.2 Å². The predicted octanol–water partition coefficient (Wildman–Crippen LogP) is 3.37. The monoisotopic (exact) mass is 251 g/mol. The van der Waals surface area contributed by atoms with E-state index >= 15 is 0 Å². The van der Waals surface area contributed by atoms with Crippen molar-refractivity contribution in [1.29, 1.82) is 0 Å². The molecule has 1 unspecified atom stereocenters. The Hall–Kier alpha value is -1.22. The average Bonchev–Trinajstić information content (AvgIpc) is 2.36. The second kappa shape index (κ2) is 7.27. The van der Waals surface area contributed by atoms with Crippen molar-refractivity contribution in [3.8, 4) is 11.5 Å². The summed E-state index contributed by atoms with van der Waals surface area (Å²) >= 11 is 0. The Morgan fingerprint density at radius 3 is 2.50 bits per heavy atom. The Morgan fingerprint density at radius 1 is 1.22 bits per heavy atom. The van der Waals surface area contributed by atoms with Gasteiger partial charge in [0.05, 0.1) is 13.2 Å². The van der Waals surface area contributed by atoms with E-state index < -0.39 is 0 Å². The van der Waals surface area contributed by atoms with Crippen LogP contribution >= 0.6 is 0 Å². The molecule has 0 spiro atoms. The van der Waals surface area contributed by atoms with Gasteiger partial charge in [-0.25, -0.2) is 0 Å². The molecule has 0 radical (unpaired) electrons. The van der Waals surface area contributed by atoms with Gasteiger partial charge in [0.25, 0.3) is 0 Å². The smallest absolute Gasteiger partial charge is 0.166 e. The molecule has 0 aliphatic carbocycles. The molecule has 0 heterocycles. The van der Waals surface area contributed by atoms with Gasteiger partial charge in [-0.15, -0.1) is 0 Å². The van der Waals surface area contributed by atoms with Gasteiger partial charge in [0.15, 0.2) is 11.5 Å². The number of para-hydroxylation sites is 1. The second-order valence-electron chi connectivity index (χ2n) is 4.81. The molecule has 3 nitrogen and oxygen atoms in total. The molecule has 1 aromatic rings. The van der Waals surface area contributed by atoms with Crippen molar-refractivity contribution < 1.29 is 9.47 Å². The van der Waals surface area contributed by atoms with Crippen molar-refractivity contribution in [3.63, 3.8) is 0 Å². The molecular formula is C15H25NO2. The molecule has 1 aromatic carbocycles. The number of methoxy groups -OCH3 is 1. The third kappa shape index (κ3) is 4.22. The highest BCUT2D eigenvalue weighted by molar-refractivity contribution is 5.46. The van der Waals surface area contributed by atoms with Crippen LogP contribution in [0.3, 0.4) is 0 Å². The minimum atomic E-state index is 0.142. The SMILES string of the molecule is CCC(C)NCc1cccc(OC)c1OC(C)C. The van der Waals surface area contributed by atoms with Crippen LogP contribution in [-0.4, -0.2) is 19.3 Å². The van der Waals surface area contributed by atoms with Gasteiger partial charge >= 0.3 is 0 Å². The zero-order valence-electron chi connectivity index (χ0n) is 12.1. The lowest BCUT2D eigenvalue weighted by Gasteiger charge is -2.19. The molecule has 0 aliphatic rings. The van der Waals surface area contributed by atoms with E-state index in [0.29, 0.717) is 6.04 Å². The zero-order chi connectivity index (χ0) is 13.5. The molecule has 18 heavy (non-hydrogen) atoms. The molecule has 0 bridgehead atoms. The summed E-state index contributed by atoms with van der Waals surface area (Å²) in [7, 11) is 1.67. The van der Waals surface area contributed by atoms with Crippen molar-refractivity contribution in [3.05, 3.63) is 23.8 Å². The van der Waals surface area contributed by atoms with Gasteiger partial charge in [-0.05, 0) is 33.3 Å². The van der Waals surface area contributed by atoms with E-state index in [1.807, 2.05) is 26.0 Å². The summed E-state index contributed by atoms with van der Waals surface area (Å²) in [6.45, 7) is 9.21. The van der Waals surface area contributed by atoms with Crippen molar-refractivity contribution >= 4 is 0 Å². The van der Waals surface area contributed by atoms with Crippen LogP contribution in [0, 0.1) is 0 Å². The fourth-order valence-corrected chi connectivity index (χ4v) is 1.66. The number of ether oxygens (including phenoxy) is 2. The number of nitrogens with one attached hydrogen (secondary N) is 1. The largest absolute Gasteiger partial charge is 0.493 e. The number of benzene rings is 1. The van der Waals surface area contributed by atoms with Gasteiger partial charge in [0.2, 0.25) is 0 Å². The first-order valence-corrected chi connectivity index (χ1v) is 6.64. The molecule has 0 saturated carbocycles. The lowest BCUT2D eigenvalue weighted by atomic mass is 10.1. The maximum atomic E-state index is 5.87. The zero-order valence-corrected chi connectivity index (χ0v) is 12.1. The third-order valence-corrected chi connectivity index (χ3v) is 2.89. The van der Waals surface area contributed by atoms with Gasteiger partial charge in [-0.3, -0.25) is 0 Å². The minimum Gasteiger partial charge on any atom is -0.493 e. The van der Waals surface area contributed by atoms with Gasteiger partial charge in [-0.2, -0.15) is 0 Å². The molecule has 0 saturated heterocycles. The normalized spacial score (nSPS) is 12.6. The molecule has 3 heteroatoms. The first-order valence-electron chi connectivity index (χ1n) is 6.64. The third-order valence-electron chi connectivity index (χ3n) is 2.89. The van der Waals surface area contributed by atoms with Gasteiger partial charge in [0.1, 0.15) is 0 Å². The Morgan fingerprint density at radius 2 is 1.94 bits per heavy atom. The fourth-order valence-electron chi connectivity index (χ4n) is 1.66. The standard InChI is InChI=1S/C15H25NO2/c1-6-12(4)16-10-13-8-7-9-14(17-5)15(13)18-11(2)3/h7-9,11-12,16H,6,10H2,1-5H3. The Labute approximate surface area is 110 Å². The summed E-state index contributed by atoms with van der Waals surface area (Å²) < 4.78 is 11.2.